The van der Waals surface area contributed by atoms with Gasteiger partial charge in [-0.05, 0) is 59.2 Å². The Morgan fingerprint density at radius 1 is 1.38 bits per heavy atom. The molecule has 1 atom stereocenters. The minimum Gasteiger partial charge on any atom is -0.299 e. The highest BCUT2D eigenvalue weighted by atomic mass is 127. The molecule has 2 heteroatoms. The van der Waals surface area contributed by atoms with Crippen molar-refractivity contribution in [3.63, 3.8) is 0 Å². The molecule has 0 N–H and O–H groups in total. The summed E-state index contributed by atoms with van der Waals surface area (Å²) in [5, 5.41) is 0. The van der Waals surface area contributed by atoms with Crippen molar-refractivity contribution in [2.45, 2.75) is 25.7 Å². The molecule has 1 aromatic rings. The first kappa shape index (κ1) is 9.19. The van der Waals surface area contributed by atoms with E-state index in [4.69, 9.17) is 0 Å². The van der Waals surface area contributed by atoms with Crippen molar-refractivity contribution in [2.24, 2.45) is 0 Å². The highest BCUT2D eigenvalue weighted by molar-refractivity contribution is 14.1. The molecule has 0 aromatic heterocycles. The van der Waals surface area contributed by atoms with Crippen LogP contribution in [-0.4, -0.2) is 5.78 Å². The number of carbonyl (C=O) groups is 1. The van der Waals surface area contributed by atoms with Gasteiger partial charge >= 0.3 is 0 Å². The molecule has 1 unspecified atom stereocenters. The van der Waals surface area contributed by atoms with E-state index >= 15 is 0 Å². The van der Waals surface area contributed by atoms with Crippen LogP contribution in [0, 0.1) is 10.5 Å². The molecular formula is C11H11IO. The van der Waals surface area contributed by atoms with Crippen LogP contribution in [0.4, 0.5) is 0 Å². The average Bonchev–Trinajstić information content (AvgIpc) is 1.99. The summed E-state index contributed by atoms with van der Waals surface area (Å²) in [4.78, 5) is 11.3. The fourth-order valence-electron chi connectivity index (χ4n) is 1.72. The Kier molecular flexibility index (Phi) is 2.41. The summed E-state index contributed by atoms with van der Waals surface area (Å²) >= 11 is 2.30. The SMILES string of the molecule is Cc1cc(I)cc(C2CCC2=O)c1. The van der Waals surface area contributed by atoms with Crippen LogP contribution in [-0.2, 0) is 4.79 Å². The lowest BCUT2D eigenvalue weighted by atomic mass is 9.78. The van der Waals surface area contributed by atoms with Gasteiger partial charge in [0.2, 0.25) is 0 Å². The van der Waals surface area contributed by atoms with Crippen LogP contribution < -0.4 is 0 Å². The molecule has 0 saturated heterocycles. The van der Waals surface area contributed by atoms with Gasteiger partial charge in [0.15, 0.2) is 0 Å². The van der Waals surface area contributed by atoms with E-state index in [2.05, 4.69) is 47.7 Å². The van der Waals surface area contributed by atoms with Gasteiger partial charge in [0.25, 0.3) is 0 Å². The maximum absolute atomic E-state index is 11.3. The Bertz CT molecular complexity index is 337. The second-order valence-electron chi connectivity index (χ2n) is 3.62. The van der Waals surface area contributed by atoms with Gasteiger partial charge in [0, 0.05) is 15.9 Å². The molecule has 0 bridgehead atoms. The molecule has 2 rings (SSSR count). The van der Waals surface area contributed by atoms with Gasteiger partial charge in [-0.1, -0.05) is 6.07 Å². The largest absolute Gasteiger partial charge is 0.299 e. The fraction of sp³-hybridized carbons (Fsp3) is 0.364. The number of benzene rings is 1. The van der Waals surface area contributed by atoms with Gasteiger partial charge in [-0.3, -0.25) is 4.79 Å². The lowest BCUT2D eigenvalue weighted by Gasteiger charge is -2.24. The minimum atomic E-state index is 0.202. The molecule has 0 radical (unpaired) electrons. The number of rotatable bonds is 1. The van der Waals surface area contributed by atoms with E-state index in [1.165, 1.54) is 14.7 Å². The molecule has 13 heavy (non-hydrogen) atoms. The Morgan fingerprint density at radius 3 is 2.62 bits per heavy atom. The third kappa shape index (κ3) is 1.77. The summed E-state index contributed by atoms with van der Waals surface area (Å²) in [5.74, 6) is 0.606. The van der Waals surface area contributed by atoms with Crippen molar-refractivity contribution in [1.29, 1.82) is 0 Å². The average molecular weight is 286 g/mol. The number of hydrogen-bond donors (Lipinski definition) is 0. The maximum atomic E-state index is 11.3. The smallest absolute Gasteiger partial charge is 0.140 e. The van der Waals surface area contributed by atoms with Crippen molar-refractivity contribution in [1.82, 2.24) is 0 Å². The quantitative estimate of drug-likeness (QED) is 0.725. The van der Waals surface area contributed by atoms with Gasteiger partial charge < -0.3 is 0 Å². The Morgan fingerprint density at radius 2 is 2.15 bits per heavy atom. The van der Waals surface area contributed by atoms with Crippen LogP contribution in [0.3, 0.4) is 0 Å². The number of Topliss-reactive ketones (excluding diaryl/α,β-unsaturated/α-hetero) is 1. The molecule has 1 aliphatic rings. The monoisotopic (exact) mass is 286 g/mol. The van der Waals surface area contributed by atoms with Gasteiger partial charge in [-0.15, -0.1) is 0 Å². The summed E-state index contributed by atoms with van der Waals surface area (Å²) < 4.78 is 1.23. The zero-order valence-corrected chi connectivity index (χ0v) is 9.67. The van der Waals surface area contributed by atoms with Crippen LogP contribution in [0.2, 0.25) is 0 Å². The van der Waals surface area contributed by atoms with E-state index in [0.717, 1.165) is 12.8 Å². The van der Waals surface area contributed by atoms with Gasteiger partial charge in [0.05, 0.1) is 0 Å². The number of halogens is 1. The summed E-state index contributed by atoms with van der Waals surface area (Å²) in [7, 11) is 0. The number of hydrogen-bond acceptors (Lipinski definition) is 1. The first-order chi connectivity index (χ1) is 6.16. The van der Waals surface area contributed by atoms with Crippen LogP contribution in [0.25, 0.3) is 0 Å². The molecule has 1 saturated carbocycles. The fourth-order valence-corrected chi connectivity index (χ4v) is 2.58. The number of carbonyl (C=O) groups excluding carboxylic acids is 1. The molecule has 68 valence electrons. The minimum absolute atomic E-state index is 0.202. The maximum Gasteiger partial charge on any atom is 0.140 e. The van der Waals surface area contributed by atoms with E-state index < -0.39 is 0 Å². The van der Waals surface area contributed by atoms with Crippen LogP contribution in [0.15, 0.2) is 18.2 Å². The molecule has 1 aliphatic carbocycles. The second kappa shape index (κ2) is 3.40. The Balaban J connectivity index is 2.34. The van der Waals surface area contributed by atoms with Crippen molar-refractivity contribution < 1.29 is 4.79 Å². The number of ketones is 1. The third-order valence-electron chi connectivity index (χ3n) is 2.53. The van der Waals surface area contributed by atoms with Gasteiger partial charge in [0.1, 0.15) is 5.78 Å². The summed E-state index contributed by atoms with van der Waals surface area (Å²) in [6.45, 7) is 2.08. The lowest BCUT2D eigenvalue weighted by molar-refractivity contribution is -0.125. The van der Waals surface area contributed by atoms with E-state index in [1.54, 1.807) is 0 Å². The molecule has 0 heterocycles. The zero-order chi connectivity index (χ0) is 9.42. The van der Waals surface area contributed by atoms with Crippen LogP contribution >= 0.6 is 22.6 Å². The zero-order valence-electron chi connectivity index (χ0n) is 7.51. The van der Waals surface area contributed by atoms with Gasteiger partial charge in [-0.25, -0.2) is 0 Å². The van der Waals surface area contributed by atoms with E-state index in [0.29, 0.717) is 5.78 Å². The molecule has 1 fully saturated rings. The van der Waals surface area contributed by atoms with Crippen molar-refractivity contribution in [2.75, 3.05) is 0 Å². The third-order valence-corrected chi connectivity index (χ3v) is 3.16. The van der Waals surface area contributed by atoms with Gasteiger partial charge in [-0.2, -0.15) is 0 Å². The van der Waals surface area contributed by atoms with Crippen molar-refractivity contribution in [3.8, 4) is 0 Å². The summed E-state index contributed by atoms with van der Waals surface area (Å²) in [5.41, 5.74) is 2.46. The Labute approximate surface area is 91.7 Å². The summed E-state index contributed by atoms with van der Waals surface area (Å²) in [6.07, 6.45) is 1.81. The number of aryl methyl sites for hydroxylation is 1. The lowest BCUT2D eigenvalue weighted by Crippen LogP contribution is -2.23. The van der Waals surface area contributed by atoms with Crippen molar-refractivity contribution >= 4 is 28.4 Å². The topological polar surface area (TPSA) is 17.1 Å². The van der Waals surface area contributed by atoms with Crippen LogP contribution in [0.5, 0.6) is 0 Å². The predicted molar refractivity (Wildman–Crippen MR) is 60.9 cm³/mol. The predicted octanol–water partition coefficient (Wildman–Crippen LogP) is 3.05. The van der Waals surface area contributed by atoms with E-state index in [9.17, 15) is 4.79 Å². The van der Waals surface area contributed by atoms with E-state index in [-0.39, 0.29) is 5.92 Å². The molecule has 0 spiro atoms. The second-order valence-corrected chi connectivity index (χ2v) is 4.87. The normalized spacial score (nSPS) is 21.4. The van der Waals surface area contributed by atoms with E-state index in [1.807, 2.05) is 0 Å². The highest BCUT2D eigenvalue weighted by Crippen LogP contribution is 2.33. The first-order valence-electron chi connectivity index (χ1n) is 4.46. The Hall–Kier alpha value is -0.380. The molecule has 0 amide bonds. The van der Waals surface area contributed by atoms with Crippen molar-refractivity contribution in [3.05, 3.63) is 32.9 Å². The van der Waals surface area contributed by atoms with Crippen LogP contribution in [0.1, 0.15) is 29.9 Å². The summed E-state index contributed by atoms with van der Waals surface area (Å²) in [6, 6.07) is 6.38. The molecule has 1 nitrogen and oxygen atoms in total. The standard InChI is InChI=1S/C11H11IO/c1-7-4-8(6-9(12)5-7)10-2-3-11(10)13/h4-6,10H,2-3H2,1H3. The molecular weight excluding hydrogens is 275 g/mol. The molecule has 0 aliphatic heterocycles. The highest BCUT2D eigenvalue weighted by Gasteiger charge is 2.29. The first-order valence-corrected chi connectivity index (χ1v) is 5.54. The molecule has 1 aromatic carbocycles.